The summed E-state index contributed by atoms with van der Waals surface area (Å²) in [5.41, 5.74) is 2.96. The van der Waals surface area contributed by atoms with Crippen molar-refractivity contribution >= 4 is 5.95 Å². The predicted molar refractivity (Wildman–Crippen MR) is 96.2 cm³/mol. The number of nitrogens with zero attached hydrogens (tertiary/aromatic N) is 4. The second kappa shape index (κ2) is 7.65. The van der Waals surface area contributed by atoms with Crippen LogP contribution in [0.1, 0.15) is 23.4 Å². The zero-order valence-electron chi connectivity index (χ0n) is 15.2. The third-order valence-corrected chi connectivity index (χ3v) is 4.51. The minimum Gasteiger partial charge on any atom is -0.497 e. The van der Waals surface area contributed by atoms with Gasteiger partial charge in [-0.05, 0) is 38.0 Å². The second-order valence-electron chi connectivity index (χ2n) is 6.39. The van der Waals surface area contributed by atoms with Crippen LogP contribution in [0.5, 0.6) is 11.5 Å². The number of hydrogen-bond acceptors (Lipinski definition) is 7. The third kappa shape index (κ3) is 4.36. The Morgan fingerprint density at radius 2 is 1.80 bits per heavy atom. The molecule has 2 heterocycles. The fourth-order valence-corrected chi connectivity index (χ4v) is 3.01. The molecule has 1 aromatic heterocycles. The molecule has 3 rings (SSSR count). The van der Waals surface area contributed by atoms with Gasteiger partial charge in [-0.1, -0.05) is 0 Å². The maximum Gasteiger partial charge on any atom is 0.243 e. The van der Waals surface area contributed by atoms with Crippen molar-refractivity contribution in [2.75, 3.05) is 32.6 Å². The molecule has 1 fully saturated rings. The van der Waals surface area contributed by atoms with E-state index in [1.165, 1.54) is 5.56 Å². The number of rotatable bonds is 6. The van der Waals surface area contributed by atoms with E-state index < -0.39 is 0 Å². The van der Waals surface area contributed by atoms with Crippen molar-refractivity contribution in [3.63, 3.8) is 0 Å². The lowest BCUT2D eigenvalue weighted by atomic mass is 10.2. The average Bonchev–Trinajstić information content (AvgIpc) is 3.04. The van der Waals surface area contributed by atoms with Gasteiger partial charge < -0.3 is 14.8 Å². The molecule has 1 aliphatic rings. The van der Waals surface area contributed by atoms with Crippen LogP contribution in [0.25, 0.3) is 0 Å². The van der Waals surface area contributed by atoms with Crippen LogP contribution in [0.15, 0.2) is 18.2 Å². The maximum absolute atomic E-state index is 5.35. The number of anilines is 1. The molecule has 1 saturated heterocycles. The highest BCUT2D eigenvalue weighted by molar-refractivity contribution is 5.38. The summed E-state index contributed by atoms with van der Waals surface area (Å²) in [6, 6.07) is 6.33. The lowest BCUT2D eigenvalue weighted by Gasteiger charge is -2.18. The average molecular weight is 343 g/mol. The smallest absolute Gasteiger partial charge is 0.243 e. The number of ether oxygens (including phenoxy) is 2. The fourth-order valence-electron chi connectivity index (χ4n) is 3.01. The molecule has 0 amide bonds. The zero-order chi connectivity index (χ0) is 17.8. The monoisotopic (exact) mass is 343 g/mol. The zero-order valence-corrected chi connectivity index (χ0v) is 15.2. The van der Waals surface area contributed by atoms with Crippen molar-refractivity contribution in [3.8, 4) is 11.5 Å². The molecule has 25 heavy (non-hydrogen) atoms. The quantitative estimate of drug-likeness (QED) is 0.862. The van der Waals surface area contributed by atoms with Crippen LogP contribution in [0.4, 0.5) is 5.95 Å². The Balaban J connectivity index is 1.60. The molecule has 0 bridgehead atoms. The van der Waals surface area contributed by atoms with E-state index in [0.29, 0.717) is 12.0 Å². The normalized spacial score (nSPS) is 17.5. The molecule has 0 saturated carbocycles. The van der Waals surface area contributed by atoms with Crippen molar-refractivity contribution in [1.29, 1.82) is 0 Å². The summed E-state index contributed by atoms with van der Waals surface area (Å²) in [5, 5.41) is 11.7. The SMILES string of the molecule is COc1cc(CN2CC[C@H](Nc3nnc(C)c(C)n3)C2)cc(OC)c1. The fraction of sp³-hybridized carbons (Fsp3) is 0.500. The van der Waals surface area contributed by atoms with Gasteiger partial charge in [0.05, 0.1) is 25.6 Å². The lowest BCUT2D eigenvalue weighted by molar-refractivity contribution is 0.326. The molecule has 2 aromatic rings. The Hall–Kier alpha value is -2.41. The first kappa shape index (κ1) is 17.4. The van der Waals surface area contributed by atoms with Crippen molar-refractivity contribution < 1.29 is 9.47 Å². The largest absolute Gasteiger partial charge is 0.497 e. The van der Waals surface area contributed by atoms with Gasteiger partial charge in [0.15, 0.2) is 0 Å². The van der Waals surface area contributed by atoms with Crippen LogP contribution >= 0.6 is 0 Å². The van der Waals surface area contributed by atoms with E-state index in [9.17, 15) is 0 Å². The van der Waals surface area contributed by atoms with Crippen LogP contribution in [0.3, 0.4) is 0 Å². The third-order valence-electron chi connectivity index (χ3n) is 4.51. The number of benzene rings is 1. The summed E-state index contributed by atoms with van der Waals surface area (Å²) < 4.78 is 10.7. The number of aromatic nitrogens is 3. The second-order valence-corrected chi connectivity index (χ2v) is 6.39. The highest BCUT2D eigenvalue weighted by atomic mass is 16.5. The Bertz CT molecular complexity index is 715. The minimum absolute atomic E-state index is 0.330. The van der Waals surface area contributed by atoms with Crippen LogP contribution in [-0.4, -0.2) is 53.4 Å². The maximum atomic E-state index is 5.35. The Labute approximate surface area is 148 Å². The van der Waals surface area contributed by atoms with Gasteiger partial charge in [0.1, 0.15) is 11.5 Å². The van der Waals surface area contributed by atoms with Crippen molar-refractivity contribution in [3.05, 3.63) is 35.2 Å². The minimum atomic E-state index is 0.330. The van der Waals surface area contributed by atoms with Crippen LogP contribution in [-0.2, 0) is 6.54 Å². The van der Waals surface area contributed by atoms with Gasteiger partial charge in [-0.15, -0.1) is 5.10 Å². The Morgan fingerprint density at radius 3 is 2.44 bits per heavy atom. The van der Waals surface area contributed by atoms with E-state index >= 15 is 0 Å². The lowest BCUT2D eigenvalue weighted by Crippen LogP contribution is -2.27. The molecule has 0 unspecified atom stereocenters. The molecule has 7 nitrogen and oxygen atoms in total. The number of methoxy groups -OCH3 is 2. The van der Waals surface area contributed by atoms with Crippen molar-refractivity contribution in [1.82, 2.24) is 20.1 Å². The van der Waals surface area contributed by atoms with Crippen molar-refractivity contribution in [2.45, 2.75) is 32.9 Å². The molecular weight excluding hydrogens is 318 g/mol. The highest BCUT2D eigenvalue weighted by Crippen LogP contribution is 2.24. The highest BCUT2D eigenvalue weighted by Gasteiger charge is 2.23. The molecule has 0 spiro atoms. The van der Waals surface area contributed by atoms with Gasteiger partial charge in [0, 0.05) is 31.7 Å². The summed E-state index contributed by atoms with van der Waals surface area (Å²) >= 11 is 0. The predicted octanol–water partition coefficient (Wildman–Crippen LogP) is 2.19. The first-order valence-corrected chi connectivity index (χ1v) is 8.46. The number of hydrogen-bond donors (Lipinski definition) is 1. The van der Waals surface area contributed by atoms with E-state index in [1.807, 2.05) is 19.9 Å². The van der Waals surface area contributed by atoms with Gasteiger partial charge in [-0.2, -0.15) is 5.10 Å². The van der Waals surface area contributed by atoms with E-state index in [-0.39, 0.29) is 0 Å². The summed E-state index contributed by atoms with van der Waals surface area (Å²) in [6.45, 7) is 6.69. The van der Waals surface area contributed by atoms with Crippen molar-refractivity contribution in [2.24, 2.45) is 0 Å². The van der Waals surface area contributed by atoms with E-state index in [4.69, 9.17) is 9.47 Å². The number of nitrogens with one attached hydrogen (secondary N) is 1. The first-order valence-electron chi connectivity index (χ1n) is 8.46. The summed E-state index contributed by atoms with van der Waals surface area (Å²) in [4.78, 5) is 6.86. The van der Waals surface area contributed by atoms with Crippen LogP contribution < -0.4 is 14.8 Å². The molecule has 1 aliphatic heterocycles. The number of likely N-dealkylation sites (tertiary alicyclic amines) is 1. The van der Waals surface area contributed by atoms with Crippen LogP contribution in [0, 0.1) is 13.8 Å². The van der Waals surface area contributed by atoms with E-state index in [1.54, 1.807) is 14.2 Å². The Morgan fingerprint density at radius 1 is 1.08 bits per heavy atom. The summed E-state index contributed by atoms with van der Waals surface area (Å²) in [7, 11) is 3.35. The molecule has 7 heteroatoms. The van der Waals surface area contributed by atoms with Gasteiger partial charge >= 0.3 is 0 Å². The van der Waals surface area contributed by atoms with Gasteiger partial charge in [-0.3, -0.25) is 4.90 Å². The first-order chi connectivity index (χ1) is 12.1. The van der Waals surface area contributed by atoms with Gasteiger partial charge in [0.25, 0.3) is 0 Å². The van der Waals surface area contributed by atoms with Crippen LogP contribution in [0.2, 0.25) is 0 Å². The standard InChI is InChI=1S/C18H25N5O2/c1-12-13(2)21-22-18(19-12)20-15-5-6-23(11-15)10-14-7-16(24-3)9-17(8-14)25-4/h7-9,15H,5-6,10-11H2,1-4H3,(H,19,20,22)/t15-/m0/s1. The van der Waals surface area contributed by atoms with E-state index in [2.05, 4.69) is 37.5 Å². The topological polar surface area (TPSA) is 72.4 Å². The molecule has 0 radical (unpaired) electrons. The van der Waals surface area contributed by atoms with E-state index in [0.717, 1.165) is 48.9 Å². The molecule has 1 aromatic carbocycles. The molecule has 1 atom stereocenters. The molecule has 0 aliphatic carbocycles. The Kier molecular flexibility index (Phi) is 5.33. The molecule has 134 valence electrons. The summed E-state index contributed by atoms with van der Waals surface area (Å²) in [5.74, 6) is 2.24. The number of aryl methyl sites for hydroxylation is 2. The van der Waals surface area contributed by atoms with Gasteiger partial charge in [0.2, 0.25) is 5.95 Å². The van der Waals surface area contributed by atoms with Gasteiger partial charge in [-0.25, -0.2) is 4.98 Å². The summed E-state index contributed by atoms with van der Waals surface area (Å²) in [6.07, 6.45) is 1.05. The molecule has 1 N–H and O–H groups in total. The molecular formula is C18H25N5O2.